The average Bonchev–Trinajstić information content (AvgIpc) is 3.05. The van der Waals surface area contributed by atoms with E-state index in [0.717, 1.165) is 9.01 Å². The maximum absolute atomic E-state index is 12.7. The van der Waals surface area contributed by atoms with Gasteiger partial charge in [-0.1, -0.05) is 29.0 Å². The molecule has 3 aromatic rings. The highest BCUT2D eigenvalue weighted by atomic mass is 35.5. The lowest BCUT2D eigenvalue weighted by Crippen LogP contribution is -2.23. The molecular weight excluding hydrogens is 450 g/mol. The molecule has 0 N–H and O–H groups in total. The van der Waals surface area contributed by atoms with E-state index in [0.29, 0.717) is 10.5 Å². The van der Waals surface area contributed by atoms with E-state index in [1.165, 1.54) is 61.4 Å². The fourth-order valence-electron chi connectivity index (χ4n) is 2.64. The van der Waals surface area contributed by atoms with E-state index in [9.17, 15) is 18.0 Å². The number of carbonyl (C=O) groups excluding carboxylic acids is 2. The van der Waals surface area contributed by atoms with Crippen LogP contribution in [0.4, 0.5) is 0 Å². The highest BCUT2D eigenvalue weighted by Gasteiger charge is 2.18. The molecule has 11 heteroatoms. The van der Waals surface area contributed by atoms with Gasteiger partial charge in [-0.3, -0.25) is 9.59 Å². The number of para-hydroxylation sites is 1. The molecular formula is C19H18ClN3O5S2. The second-order valence-electron chi connectivity index (χ2n) is 6.36. The summed E-state index contributed by atoms with van der Waals surface area (Å²) in [4.78, 5) is 29.0. The number of hydrogen-bond donors (Lipinski definition) is 0. The third-order valence-electron chi connectivity index (χ3n) is 4.24. The van der Waals surface area contributed by atoms with Crippen LogP contribution in [0.5, 0.6) is 0 Å². The number of benzene rings is 2. The van der Waals surface area contributed by atoms with Crippen LogP contribution in [-0.4, -0.2) is 50.4 Å². The first-order valence-electron chi connectivity index (χ1n) is 8.61. The van der Waals surface area contributed by atoms with Crippen LogP contribution in [0.3, 0.4) is 0 Å². The summed E-state index contributed by atoms with van der Waals surface area (Å²) in [7, 11) is 0.522. The molecule has 0 atom stereocenters. The Morgan fingerprint density at radius 3 is 2.43 bits per heavy atom. The van der Waals surface area contributed by atoms with E-state index < -0.39 is 21.9 Å². The molecule has 0 aliphatic heterocycles. The fraction of sp³-hybridized carbons (Fsp3) is 0.211. The van der Waals surface area contributed by atoms with Gasteiger partial charge in [0.2, 0.25) is 10.0 Å². The Labute approximate surface area is 182 Å². The lowest BCUT2D eigenvalue weighted by molar-refractivity contribution is -0.141. The molecule has 1 aromatic heterocycles. The molecule has 0 unspecified atom stereocenters. The summed E-state index contributed by atoms with van der Waals surface area (Å²) in [5.74, 6) is -1.09. The fourth-order valence-corrected chi connectivity index (χ4v) is 4.93. The summed E-state index contributed by atoms with van der Waals surface area (Å²) in [5, 5.41) is 0.416. The number of fused-ring (bicyclic) bond motifs is 1. The minimum absolute atomic E-state index is 0.0680. The molecule has 1 amide bonds. The number of thiazole rings is 1. The molecule has 0 bridgehead atoms. The topological polar surface area (TPSA) is 98.0 Å². The van der Waals surface area contributed by atoms with E-state index in [2.05, 4.69) is 4.99 Å². The van der Waals surface area contributed by atoms with Gasteiger partial charge in [0.1, 0.15) is 6.54 Å². The van der Waals surface area contributed by atoms with Crippen molar-refractivity contribution in [1.29, 1.82) is 0 Å². The SMILES string of the molecule is COC(=O)Cn1c(=NC(=O)c2ccc(S(=O)(=O)N(C)C)cc2)sc2cccc(Cl)c21. The number of esters is 1. The molecule has 0 aliphatic rings. The Bertz CT molecular complexity index is 1290. The van der Waals surface area contributed by atoms with Gasteiger partial charge < -0.3 is 9.30 Å². The number of rotatable bonds is 5. The summed E-state index contributed by atoms with van der Waals surface area (Å²) in [6.45, 7) is -0.160. The van der Waals surface area contributed by atoms with Crippen molar-refractivity contribution >= 4 is 55.1 Å². The summed E-state index contributed by atoms with van der Waals surface area (Å²) in [6, 6.07) is 10.7. The Morgan fingerprint density at radius 2 is 1.83 bits per heavy atom. The van der Waals surface area contributed by atoms with Crippen molar-refractivity contribution in [2.75, 3.05) is 21.2 Å². The van der Waals surface area contributed by atoms with Gasteiger partial charge in [-0.25, -0.2) is 12.7 Å². The normalized spacial score (nSPS) is 12.5. The van der Waals surface area contributed by atoms with E-state index in [1.54, 1.807) is 12.1 Å². The maximum atomic E-state index is 12.7. The Balaban J connectivity index is 2.06. The van der Waals surface area contributed by atoms with Crippen molar-refractivity contribution in [3.63, 3.8) is 0 Å². The van der Waals surface area contributed by atoms with Gasteiger partial charge in [0.25, 0.3) is 5.91 Å². The second-order valence-corrected chi connectivity index (χ2v) is 9.93. The number of halogens is 1. The van der Waals surface area contributed by atoms with Crippen molar-refractivity contribution < 1.29 is 22.7 Å². The first-order valence-corrected chi connectivity index (χ1v) is 11.2. The van der Waals surface area contributed by atoms with Crippen LogP contribution in [0.2, 0.25) is 5.02 Å². The first kappa shape index (κ1) is 22.2. The molecule has 2 aromatic carbocycles. The van der Waals surface area contributed by atoms with Crippen LogP contribution in [0.15, 0.2) is 52.4 Å². The van der Waals surface area contributed by atoms with Gasteiger partial charge in [-0.2, -0.15) is 4.99 Å². The van der Waals surface area contributed by atoms with Crippen molar-refractivity contribution in [2.45, 2.75) is 11.4 Å². The molecule has 158 valence electrons. The zero-order valence-corrected chi connectivity index (χ0v) is 18.7. The van der Waals surface area contributed by atoms with Crippen LogP contribution < -0.4 is 4.80 Å². The van der Waals surface area contributed by atoms with Crippen LogP contribution in [0.25, 0.3) is 10.2 Å². The molecule has 3 rings (SSSR count). The smallest absolute Gasteiger partial charge is 0.325 e. The van der Waals surface area contributed by atoms with Crippen LogP contribution in [0, 0.1) is 0 Å². The number of sulfonamides is 1. The van der Waals surface area contributed by atoms with Crippen molar-refractivity contribution in [2.24, 2.45) is 4.99 Å². The van der Waals surface area contributed by atoms with Gasteiger partial charge >= 0.3 is 5.97 Å². The third kappa shape index (κ3) is 4.31. The van der Waals surface area contributed by atoms with E-state index in [4.69, 9.17) is 16.3 Å². The predicted octanol–water partition coefficient (Wildman–Crippen LogP) is 2.52. The van der Waals surface area contributed by atoms with Crippen molar-refractivity contribution in [3.8, 4) is 0 Å². The minimum atomic E-state index is -3.60. The van der Waals surface area contributed by atoms with Gasteiger partial charge in [-0.15, -0.1) is 0 Å². The largest absolute Gasteiger partial charge is 0.468 e. The molecule has 0 saturated heterocycles. The molecule has 0 spiro atoms. The number of hydrogen-bond acceptors (Lipinski definition) is 6. The van der Waals surface area contributed by atoms with Gasteiger partial charge in [0.15, 0.2) is 4.80 Å². The average molecular weight is 468 g/mol. The van der Waals surface area contributed by atoms with Crippen LogP contribution in [-0.2, 0) is 26.1 Å². The number of aromatic nitrogens is 1. The second kappa shape index (κ2) is 8.68. The number of carbonyl (C=O) groups is 2. The monoisotopic (exact) mass is 467 g/mol. The minimum Gasteiger partial charge on any atom is -0.468 e. The molecule has 0 radical (unpaired) electrons. The lowest BCUT2D eigenvalue weighted by Gasteiger charge is -2.11. The number of methoxy groups -OCH3 is 1. The number of nitrogens with zero attached hydrogens (tertiary/aromatic N) is 3. The summed E-state index contributed by atoms with van der Waals surface area (Å²) >= 11 is 7.49. The molecule has 8 nitrogen and oxygen atoms in total. The van der Waals surface area contributed by atoms with Crippen LogP contribution >= 0.6 is 22.9 Å². The summed E-state index contributed by atoms with van der Waals surface area (Å²) in [6.07, 6.45) is 0. The molecule has 0 saturated carbocycles. The molecule has 30 heavy (non-hydrogen) atoms. The standard InChI is InChI=1S/C19H18ClN3O5S2/c1-22(2)30(26,27)13-9-7-12(8-10-13)18(25)21-19-23(11-16(24)28-3)17-14(20)5-4-6-15(17)29-19/h4-10H,11H2,1-3H3. The predicted molar refractivity (Wildman–Crippen MR) is 114 cm³/mol. The Kier molecular flexibility index (Phi) is 6.41. The first-order chi connectivity index (χ1) is 14.1. The highest BCUT2D eigenvalue weighted by molar-refractivity contribution is 7.89. The molecule has 0 aliphatic carbocycles. The number of ether oxygens (including phenoxy) is 1. The summed E-state index contributed by atoms with van der Waals surface area (Å²) < 4.78 is 32.4. The summed E-state index contributed by atoms with van der Waals surface area (Å²) in [5.41, 5.74) is 0.786. The molecule has 0 fully saturated rings. The zero-order valence-electron chi connectivity index (χ0n) is 16.3. The highest BCUT2D eigenvalue weighted by Crippen LogP contribution is 2.25. The lowest BCUT2D eigenvalue weighted by atomic mass is 10.2. The van der Waals surface area contributed by atoms with E-state index >= 15 is 0 Å². The molecule has 1 heterocycles. The Hall–Kier alpha value is -2.53. The quantitative estimate of drug-likeness (QED) is 0.537. The van der Waals surface area contributed by atoms with Gasteiger partial charge in [0, 0.05) is 19.7 Å². The van der Waals surface area contributed by atoms with Crippen LogP contribution in [0.1, 0.15) is 10.4 Å². The third-order valence-corrected chi connectivity index (χ3v) is 7.42. The van der Waals surface area contributed by atoms with E-state index in [1.807, 2.05) is 6.07 Å². The van der Waals surface area contributed by atoms with E-state index in [-0.39, 0.29) is 21.8 Å². The van der Waals surface area contributed by atoms with Crippen molar-refractivity contribution in [1.82, 2.24) is 8.87 Å². The maximum Gasteiger partial charge on any atom is 0.325 e. The van der Waals surface area contributed by atoms with Gasteiger partial charge in [-0.05, 0) is 36.4 Å². The number of amides is 1. The van der Waals surface area contributed by atoms with Gasteiger partial charge in [0.05, 0.1) is 27.2 Å². The van der Waals surface area contributed by atoms with Crippen molar-refractivity contribution in [3.05, 3.63) is 57.9 Å². The zero-order chi connectivity index (χ0) is 22.1. The Morgan fingerprint density at radius 1 is 1.17 bits per heavy atom.